The maximum Gasteiger partial charge on any atom is 0.127 e. The standard InChI is InChI=1S/C12H19NO3/c1-9-6-11(15-2)10(8-13-4-5-14)12(7-9)16-3/h6-7,13-14H,4-5,8H2,1-3H3. The van der Waals surface area contributed by atoms with E-state index in [1.54, 1.807) is 14.2 Å². The Kier molecular flexibility index (Phi) is 5.08. The second-order valence-corrected chi connectivity index (χ2v) is 3.55. The fraction of sp³-hybridized carbons (Fsp3) is 0.500. The Hall–Kier alpha value is -1.26. The van der Waals surface area contributed by atoms with Crippen molar-refractivity contribution in [3.8, 4) is 11.5 Å². The van der Waals surface area contributed by atoms with Gasteiger partial charge in [-0.15, -0.1) is 0 Å². The number of aliphatic hydroxyl groups is 1. The molecule has 0 unspecified atom stereocenters. The summed E-state index contributed by atoms with van der Waals surface area (Å²) in [7, 11) is 3.29. The molecule has 0 atom stereocenters. The maximum atomic E-state index is 8.72. The van der Waals surface area contributed by atoms with E-state index in [4.69, 9.17) is 14.6 Å². The van der Waals surface area contributed by atoms with Gasteiger partial charge in [0.1, 0.15) is 11.5 Å². The van der Waals surface area contributed by atoms with Gasteiger partial charge in [0.05, 0.1) is 20.8 Å². The smallest absolute Gasteiger partial charge is 0.127 e. The normalized spacial score (nSPS) is 10.2. The molecule has 1 rings (SSSR count). The summed E-state index contributed by atoms with van der Waals surface area (Å²) in [5, 5.41) is 11.8. The van der Waals surface area contributed by atoms with E-state index in [-0.39, 0.29) is 6.61 Å². The lowest BCUT2D eigenvalue weighted by Gasteiger charge is -2.14. The average molecular weight is 225 g/mol. The molecule has 2 N–H and O–H groups in total. The number of rotatable bonds is 6. The van der Waals surface area contributed by atoms with Crippen LogP contribution >= 0.6 is 0 Å². The predicted molar refractivity (Wildman–Crippen MR) is 63.1 cm³/mol. The van der Waals surface area contributed by atoms with Crippen LogP contribution in [0.15, 0.2) is 12.1 Å². The molecule has 16 heavy (non-hydrogen) atoms. The highest BCUT2D eigenvalue weighted by atomic mass is 16.5. The van der Waals surface area contributed by atoms with Crippen LogP contribution in [0.1, 0.15) is 11.1 Å². The molecule has 4 nitrogen and oxygen atoms in total. The summed E-state index contributed by atoms with van der Waals surface area (Å²) < 4.78 is 10.6. The summed E-state index contributed by atoms with van der Waals surface area (Å²) in [5.74, 6) is 1.62. The minimum absolute atomic E-state index is 0.122. The van der Waals surface area contributed by atoms with Crippen molar-refractivity contribution in [1.82, 2.24) is 5.32 Å². The molecule has 0 aliphatic carbocycles. The summed E-state index contributed by atoms with van der Waals surface area (Å²) in [5.41, 5.74) is 2.07. The van der Waals surface area contributed by atoms with Gasteiger partial charge in [-0.05, 0) is 24.6 Å². The van der Waals surface area contributed by atoms with Gasteiger partial charge in [0.2, 0.25) is 0 Å². The molecule has 0 heterocycles. The van der Waals surface area contributed by atoms with Crippen molar-refractivity contribution in [1.29, 1.82) is 0 Å². The van der Waals surface area contributed by atoms with Crippen LogP contribution in [0.4, 0.5) is 0 Å². The highest BCUT2D eigenvalue weighted by Gasteiger charge is 2.10. The first kappa shape index (κ1) is 12.8. The van der Waals surface area contributed by atoms with Gasteiger partial charge in [-0.1, -0.05) is 0 Å². The van der Waals surface area contributed by atoms with E-state index in [1.807, 2.05) is 19.1 Å². The van der Waals surface area contributed by atoms with Gasteiger partial charge in [-0.25, -0.2) is 0 Å². The van der Waals surface area contributed by atoms with Gasteiger partial charge < -0.3 is 19.9 Å². The Morgan fingerprint density at radius 1 is 1.19 bits per heavy atom. The second-order valence-electron chi connectivity index (χ2n) is 3.55. The molecule has 0 amide bonds. The number of aliphatic hydroxyl groups excluding tert-OH is 1. The molecule has 1 aromatic rings. The monoisotopic (exact) mass is 225 g/mol. The molecule has 0 aliphatic rings. The van der Waals surface area contributed by atoms with Crippen LogP contribution in [0.3, 0.4) is 0 Å². The van der Waals surface area contributed by atoms with Gasteiger partial charge in [-0.3, -0.25) is 0 Å². The molecule has 0 saturated carbocycles. The third-order valence-corrected chi connectivity index (χ3v) is 2.34. The van der Waals surface area contributed by atoms with Gasteiger partial charge in [0.15, 0.2) is 0 Å². The van der Waals surface area contributed by atoms with E-state index in [9.17, 15) is 0 Å². The molecule has 0 saturated heterocycles. The minimum atomic E-state index is 0.122. The SMILES string of the molecule is COc1cc(C)cc(OC)c1CNCCO. The number of benzene rings is 1. The lowest BCUT2D eigenvalue weighted by molar-refractivity contribution is 0.290. The van der Waals surface area contributed by atoms with Crippen molar-refractivity contribution >= 4 is 0 Å². The highest BCUT2D eigenvalue weighted by molar-refractivity contribution is 5.47. The minimum Gasteiger partial charge on any atom is -0.496 e. The van der Waals surface area contributed by atoms with Gasteiger partial charge in [0, 0.05) is 18.7 Å². The highest BCUT2D eigenvalue weighted by Crippen LogP contribution is 2.30. The third kappa shape index (κ3) is 3.12. The Balaban J connectivity index is 2.93. The topological polar surface area (TPSA) is 50.7 Å². The fourth-order valence-electron chi connectivity index (χ4n) is 1.58. The summed E-state index contributed by atoms with van der Waals surface area (Å²) in [4.78, 5) is 0. The number of ether oxygens (including phenoxy) is 2. The molecule has 0 spiro atoms. The van der Waals surface area contributed by atoms with Crippen molar-refractivity contribution in [3.05, 3.63) is 23.3 Å². The maximum absolute atomic E-state index is 8.72. The zero-order valence-electron chi connectivity index (χ0n) is 10.0. The molecule has 0 bridgehead atoms. The lowest BCUT2D eigenvalue weighted by Crippen LogP contribution is -2.18. The molecule has 0 aromatic heterocycles. The molecule has 0 aliphatic heterocycles. The van der Waals surface area contributed by atoms with E-state index in [1.165, 1.54) is 0 Å². The Morgan fingerprint density at radius 2 is 1.75 bits per heavy atom. The fourth-order valence-corrected chi connectivity index (χ4v) is 1.58. The van der Waals surface area contributed by atoms with Crippen LogP contribution in [0.25, 0.3) is 0 Å². The number of nitrogens with one attached hydrogen (secondary N) is 1. The summed E-state index contributed by atoms with van der Waals surface area (Å²) in [6.07, 6.45) is 0. The van der Waals surface area contributed by atoms with Gasteiger partial charge in [0.25, 0.3) is 0 Å². The number of methoxy groups -OCH3 is 2. The van der Waals surface area contributed by atoms with Crippen LogP contribution in [-0.4, -0.2) is 32.5 Å². The van der Waals surface area contributed by atoms with Crippen molar-refractivity contribution < 1.29 is 14.6 Å². The molecule has 0 radical (unpaired) electrons. The van der Waals surface area contributed by atoms with Crippen LogP contribution in [0, 0.1) is 6.92 Å². The lowest BCUT2D eigenvalue weighted by atomic mass is 10.1. The average Bonchev–Trinajstić information content (AvgIpc) is 2.30. The van der Waals surface area contributed by atoms with Crippen molar-refractivity contribution in [2.24, 2.45) is 0 Å². The Labute approximate surface area is 96.2 Å². The zero-order valence-corrected chi connectivity index (χ0v) is 10.0. The molecule has 0 fully saturated rings. The van der Waals surface area contributed by atoms with Crippen LogP contribution < -0.4 is 14.8 Å². The molecule has 1 aromatic carbocycles. The first-order valence-electron chi connectivity index (χ1n) is 5.26. The van der Waals surface area contributed by atoms with Crippen LogP contribution in [0.5, 0.6) is 11.5 Å². The van der Waals surface area contributed by atoms with Crippen molar-refractivity contribution in [3.63, 3.8) is 0 Å². The summed E-state index contributed by atoms with van der Waals surface area (Å²) >= 11 is 0. The Bertz CT molecular complexity index is 314. The van der Waals surface area contributed by atoms with E-state index in [0.717, 1.165) is 22.6 Å². The molecule has 4 heteroatoms. The van der Waals surface area contributed by atoms with E-state index in [0.29, 0.717) is 13.1 Å². The molecular weight excluding hydrogens is 206 g/mol. The second kappa shape index (κ2) is 6.35. The number of hydrogen-bond donors (Lipinski definition) is 2. The largest absolute Gasteiger partial charge is 0.496 e. The first-order valence-corrected chi connectivity index (χ1v) is 5.26. The number of hydrogen-bond acceptors (Lipinski definition) is 4. The van der Waals surface area contributed by atoms with E-state index in [2.05, 4.69) is 5.32 Å². The van der Waals surface area contributed by atoms with Crippen molar-refractivity contribution in [2.75, 3.05) is 27.4 Å². The third-order valence-electron chi connectivity index (χ3n) is 2.34. The van der Waals surface area contributed by atoms with Crippen LogP contribution in [0.2, 0.25) is 0 Å². The van der Waals surface area contributed by atoms with Gasteiger partial charge in [-0.2, -0.15) is 0 Å². The summed E-state index contributed by atoms with van der Waals surface area (Å²) in [6.45, 7) is 3.29. The Morgan fingerprint density at radius 3 is 2.19 bits per heavy atom. The molecular formula is C12H19NO3. The quantitative estimate of drug-likeness (QED) is 0.712. The summed E-state index contributed by atoms with van der Waals surface area (Å²) in [6, 6.07) is 3.94. The molecule has 90 valence electrons. The van der Waals surface area contributed by atoms with Gasteiger partial charge >= 0.3 is 0 Å². The van der Waals surface area contributed by atoms with Crippen molar-refractivity contribution in [2.45, 2.75) is 13.5 Å². The zero-order chi connectivity index (χ0) is 12.0. The predicted octanol–water partition coefficient (Wildman–Crippen LogP) is 1.09. The number of aryl methyl sites for hydroxylation is 1. The van der Waals surface area contributed by atoms with E-state index < -0.39 is 0 Å². The first-order chi connectivity index (χ1) is 7.72. The van der Waals surface area contributed by atoms with Crippen LogP contribution in [-0.2, 0) is 6.54 Å². The van der Waals surface area contributed by atoms with E-state index >= 15 is 0 Å².